The van der Waals surface area contributed by atoms with E-state index in [1.165, 1.54) is 7.11 Å². The molecule has 1 amide bonds. The van der Waals surface area contributed by atoms with Crippen LogP contribution in [0.2, 0.25) is 0 Å². The van der Waals surface area contributed by atoms with E-state index >= 15 is 0 Å². The van der Waals surface area contributed by atoms with Gasteiger partial charge in [0.1, 0.15) is 0 Å². The minimum atomic E-state index is -0.534. The molecule has 1 N–H and O–H groups in total. The summed E-state index contributed by atoms with van der Waals surface area (Å²) in [5, 5.41) is 2.78. The molecule has 0 unspecified atom stereocenters. The largest absolute Gasteiger partial charge is 0.465 e. The lowest BCUT2D eigenvalue weighted by atomic mass is 10.1. The maximum absolute atomic E-state index is 12.3. The minimum Gasteiger partial charge on any atom is -0.465 e. The van der Waals surface area contributed by atoms with Crippen molar-refractivity contribution in [2.45, 2.75) is 0 Å². The highest BCUT2D eigenvalue weighted by Gasteiger charge is 2.17. The van der Waals surface area contributed by atoms with E-state index < -0.39 is 5.97 Å². The fraction of sp³-hybridized carbons (Fsp3) is 0.176. The molecule has 0 aliphatic heterocycles. The van der Waals surface area contributed by atoms with Gasteiger partial charge < -0.3 is 15.0 Å². The number of hydrogen-bond acceptors (Lipinski definition) is 4. The standard InChI is InChI=1S/C17H18N2O3/c1-19(2)13-10-8-12(9-11-13)18-16(20)14-6-4-5-7-15(14)17(21)22-3/h4-11H,1-3H3,(H,18,20). The molecule has 2 aromatic carbocycles. The predicted octanol–water partition coefficient (Wildman–Crippen LogP) is 2.79. The van der Waals surface area contributed by atoms with Crippen molar-refractivity contribution in [3.8, 4) is 0 Å². The second-order valence-electron chi connectivity index (χ2n) is 4.93. The molecule has 22 heavy (non-hydrogen) atoms. The molecule has 0 spiro atoms. The first-order chi connectivity index (χ1) is 10.5. The van der Waals surface area contributed by atoms with E-state index in [1.54, 1.807) is 24.3 Å². The van der Waals surface area contributed by atoms with Gasteiger partial charge in [0.15, 0.2) is 0 Å². The lowest BCUT2D eigenvalue weighted by Crippen LogP contribution is -2.17. The molecule has 0 atom stereocenters. The van der Waals surface area contributed by atoms with Crippen LogP contribution in [-0.4, -0.2) is 33.1 Å². The zero-order chi connectivity index (χ0) is 16.1. The Hall–Kier alpha value is -2.82. The molecular formula is C17H18N2O3. The number of carbonyl (C=O) groups excluding carboxylic acids is 2. The summed E-state index contributed by atoms with van der Waals surface area (Å²) < 4.78 is 4.69. The smallest absolute Gasteiger partial charge is 0.338 e. The van der Waals surface area contributed by atoms with Crippen LogP contribution < -0.4 is 10.2 Å². The number of ether oxygens (including phenoxy) is 1. The first-order valence-corrected chi connectivity index (χ1v) is 6.79. The van der Waals surface area contributed by atoms with Crippen molar-refractivity contribution in [2.75, 3.05) is 31.4 Å². The lowest BCUT2D eigenvalue weighted by Gasteiger charge is -2.13. The van der Waals surface area contributed by atoms with E-state index in [-0.39, 0.29) is 17.0 Å². The third-order valence-electron chi connectivity index (χ3n) is 3.22. The summed E-state index contributed by atoms with van der Waals surface area (Å²) in [4.78, 5) is 26.0. The van der Waals surface area contributed by atoms with Crippen molar-refractivity contribution in [3.05, 3.63) is 59.7 Å². The predicted molar refractivity (Wildman–Crippen MR) is 86.5 cm³/mol. The Kier molecular flexibility index (Phi) is 4.78. The molecule has 5 heteroatoms. The Morgan fingerprint density at radius 2 is 1.55 bits per heavy atom. The summed E-state index contributed by atoms with van der Waals surface area (Å²) in [6, 6.07) is 14.0. The van der Waals surface area contributed by atoms with Crippen LogP contribution in [0.5, 0.6) is 0 Å². The monoisotopic (exact) mass is 298 g/mol. The van der Waals surface area contributed by atoms with E-state index in [0.717, 1.165) is 5.69 Å². The van der Waals surface area contributed by atoms with Crippen LogP contribution in [0.4, 0.5) is 11.4 Å². The zero-order valence-electron chi connectivity index (χ0n) is 12.8. The van der Waals surface area contributed by atoms with Crippen molar-refractivity contribution in [2.24, 2.45) is 0 Å². The Balaban J connectivity index is 2.21. The van der Waals surface area contributed by atoms with Gasteiger partial charge in [-0.3, -0.25) is 4.79 Å². The van der Waals surface area contributed by atoms with Gasteiger partial charge in [0.2, 0.25) is 0 Å². The van der Waals surface area contributed by atoms with Crippen molar-refractivity contribution < 1.29 is 14.3 Å². The van der Waals surface area contributed by atoms with Crippen molar-refractivity contribution >= 4 is 23.3 Å². The van der Waals surface area contributed by atoms with Crippen molar-refractivity contribution in [1.82, 2.24) is 0 Å². The number of nitrogens with one attached hydrogen (secondary N) is 1. The average molecular weight is 298 g/mol. The summed E-state index contributed by atoms with van der Waals surface area (Å²) in [6.45, 7) is 0. The fourth-order valence-corrected chi connectivity index (χ4v) is 2.01. The first-order valence-electron chi connectivity index (χ1n) is 6.79. The summed E-state index contributed by atoms with van der Waals surface area (Å²) >= 11 is 0. The van der Waals surface area contributed by atoms with E-state index in [2.05, 4.69) is 5.32 Å². The summed E-state index contributed by atoms with van der Waals surface area (Å²) in [5.41, 5.74) is 2.22. The van der Waals surface area contributed by atoms with Gasteiger partial charge in [-0.1, -0.05) is 12.1 Å². The molecule has 0 radical (unpaired) electrons. The van der Waals surface area contributed by atoms with Crippen LogP contribution in [0.3, 0.4) is 0 Å². The number of nitrogens with zero attached hydrogens (tertiary/aromatic N) is 1. The summed E-state index contributed by atoms with van der Waals surface area (Å²) in [5.74, 6) is -0.882. The number of amides is 1. The SMILES string of the molecule is COC(=O)c1ccccc1C(=O)Nc1ccc(N(C)C)cc1. The molecule has 114 valence electrons. The number of methoxy groups -OCH3 is 1. The van der Waals surface area contributed by atoms with Crippen molar-refractivity contribution in [1.29, 1.82) is 0 Å². The quantitative estimate of drug-likeness (QED) is 0.882. The lowest BCUT2D eigenvalue weighted by molar-refractivity contribution is 0.0597. The van der Waals surface area contributed by atoms with E-state index in [0.29, 0.717) is 5.69 Å². The topological polar surface area (TPSA) is 58.6 Å². The van der Waals surface area contributed by atoms with Gasteiger partial charge in [-0.2, -0.15) is 0 Å². The van der Waals surface area contributed by atoms with Gasteiger partial charge in [0.05, 0.1) is 18.2 Å². The molecule has 0 aromatic heterocycles. The van der Waals surface area contributed by atoms with E-state index in [9.17, 15) is 9.59 Å². The molecule has 0 aliphatic carbocycles. The molecule has 0 fully saturated rings. The van der Waals surface area contributed by atoms with Gasteiger partial charge in [-0.25, -0.2) is 4.79 Å². The number of hydrogen-bond donors (Lipinski definition) is 1. The third kappa shape index (κ3) is 3.44. The highest BCUT2D eigenvalue weighted by molar-refractivity contribution is 6.11. The van der Waals surface area contributed by atoms with Gasteiger partial charge in [-0.05, 0) is 36.4 Å². The van der Waals surface area contributed by atoms with Gasteiger partial charge in [-0.15, -0.1) is 0 Å². The van der Waals surface area contributed by atoms with Gasteiger partial charge >= 0.3 is 5.97 Å². The van der Waals surface area contributed by atoms with Gasteiger partial charge in [0.25, 0.3) is 5.91 Å². The highest BCUT2D eigenvalue weighted by Crippen LogP contribution is 2.17. The van der Waals surface area contributed by atoms with E-state index in [1.807, 2.05) is 43.3 Å². The second kappa shape index (κ2) is 6.76. The van der Waals surface area contributed by atoms with Crippen LogP contribution >= 0.6 is 0 Å². The zero-order valence-corrected chi connectivity index (χ0v) is 12.8. The molecule has 0 aliphatic rings. The number of rotatable bonds is 4. The molecule has 2 rings (SSSR count). The van der Waals surface area contributed by atoms with Crippen LogP contribution in [0.25, 0.3) is 0 Å². The normalized spacial score (nSPS) is 9.95. The Bertz CT molecular complexity index is 679. The number of esters is 1. The van der Waals surface area contributed by atoms with Crippen molar-refractivity contribution in [3.63, 3.8) is 0 Å². The van der Waals surface area contributed by atoms with Crippen LogP contribution in [0.1, 0.15) is 20.7 Å². The molecule has 0 saturated heterocycles. The number of anilines is 2. The molecular weight excluding hydrogens is 280 g/mol. The van der Waals surface area contributed by atoms with Crippen LogP contribution in [0, 0.1) is 0 Å². The molecule has 0 heterocycles. The molecule has 5 nitrogen and oxygen atoms in total. The maximum Gasteiger partial charge on any atom is 0.338 e. The molecule has 0 saturated carbocycles. The fourth-order valence-electron chi connectivity index (χ4n) is 2.01. The van der Waals surface area contributed by atoms with Crippen LogP contribution in [0.15, 0.2) is 48.5 Å². The average Bonchev–Trinajstić information content (AvgIpc) is 2.54. The first kappa shape index (κ1) is 15.6. The van der Waals surface area contributed by atoms with E-state index in [4.69, 9.17) is 4.74 Å². The van der Waals surface area contributed by atoms with Gasteiger partial charge in [0, 0.05) is 25.5 Å². The maximum atomic E-state index is 12.3. The highest BCUT2D eigenvalue weighted by atomic mass is 16.5. The number of carbonyl (C=O) groups is 2. The van der Waals surface area contributed by atoms with Crippen LogP contribution in [-0.2, 0) is 4.74 Å². The molecule has 2 aromatic rings. The minimum absolute atomic E-state index is 0.243. The second-order valence-corrected chi connectivity index (χ2v) is 4.93. The Morgan fingerprint density at radius 3 is 2.09 bits per heavy atom. The number of benzene rings is 2. The Labute approximate surface area is 129 Å². The summed E-state index contributed by atoms with van der Waals surface area (Å²) in [6.07, 6.45) is 0. The Morgan fingerprint density at radius 1 is 0.955 bits per heavy atom. The summed E-state index contributed by atoms with van der Waals surface area (Å²) in [7, 11) is 5.18. The third-order valence-corrected chi connectivity index (χ3v) is 3.22. The molecule has 0 bridgehead atoms.